The van der Waals surface area contributed by atoms with Gasteiger partial charge in [0.1, 0.15) is 6.04 Å². The molecule has 0 saturated carbocycles. The summed E-state index contributed by atoms with van der Waals surface area (Å²) in [6, 6.07) is 7.53. The van der Waals surface area contributed by atoms with Crippen LogP contribution in [-0.4, -0.2) is 50.9 Å². The molecule has 2 rings (SSSR count). The molecule has 2 aromatic rings. The molecule has 0 unspecified atom stereocenters. The lowest BCUT2D eigenvalue weighted by molar-refractivity contribution is -0.149. The van der Waals surface area contributed by atoms with Crippen LogP contribution in [0, 0.1) is 0 Å². The third-order valence-corrected chi connectivity index (χ3v) is 4.10. The molecule has 5 N–H and O–H groups in total. The first-order valence-electron chi connectivity index (χ1n) is 9.33. The van der Waals surface area contributed by atoms with Gasteiger partial charge in [0, 0.05) is 0 Å². The molecule has 0 amide bonds. The summed E-state index contributed by atoms with van der Waals surface area (Å²) in [7, 11) is 0. The minimum absolute atomic E-state index is 0.141. The molecule has 30 heavy (non-hydrogen) atoms. The van der Waals surface area contributed by atoms with Crippen LogP contribution < -0.4 is 5.32 Å². The molecule has 0 bridgehead atoms. The highest BCUT2D eigenvalue weighted by atomic mass is 16.5. The van der Waals surface area contributed by atoms with Gasteiger partial charge in [0.05, 0.1) is 12.6 Å². The van der Waals surface area contributed by atoms with E-state index in [2.05, 4.69) is 5.32 Å². The zero-order chi connectivity index (χ0) is 22.3. The average Bonchev–Trinajstić information content (AvgIpc) is 2.68. The second-order valence-corrected chi connectivity index (χ2v) is 6.99. The number of ketones is 1. The fourth-order valence-electron chi connectivity index (χ4n) is 2.60. The number of esters is 1. The molecule has 8 nitrogen and oxygen atoms in total. The van der Waals surface area contributed by atoms with Crippen molar-refractivity contribution < 1.29 is 34.8 Å². The van der Waals surface area contributed by atoms with Gasteiger partial charge in [-0.2, -0.15) is 0 Å². The smallest absolute Gasteiger partial charge is 0.323 e. The Balaban J connectivity index is 2.04. The monoisotopic (exact) mass is 415 g/mol. The highest BCUT2D eigenvalue weighted by Gasteiger charge is 2.22. The maximum absolute atomic E-state index is 12.4. The highest BCUT2D eigenvalue weighted by molar-refractivity contribution is 5.95. The van der Waals surface area contributed by atoms with Crippen LogP contribution in [0.4, 0.5) is 0 Å². The van der Waals surface area contributed by atoms with Gasteiger partial charge in [-0.15, -0.1) is 0 Å². The Morgan fingerprint density at radius 3 is 2.20 bits per heavy atom. The normalized spacial score (nSPS) is 12.2. The summed E-state index contributed by atoms with van der Waals surface area (Å²) in [5.41, 5.74) is 1.10. The minimum atomic E-state index is -0.841. The number of phenolic OH excluding ortho intramolecular Hbond substituents is 4. The number of carbonyl (C=O) groups is 2. The molecule has 0 radical (unpaired) electrons. The van der Waals surface area contributed by atoms with Crippen molar-refractivity contribution in [3.8, 4) is 23.0 Å². The van der Waals surface area contributed by atoms with E-state index in [-0.39, 0.29) is 47.9 Å². The van der Waals surface area contributed by atoms with Gasteiger partial charge in [0.25, 0.3) is 0 Å². The highest BCUT2D eigenvalue weighted by Crippen LogP contribution is 2.26. The Morgan fingerprint density at radius 1 is 0.967 bits per heavy atom. The summed E-state index contributed by atoms with van der Waals surface area (Å²) in [5, 5.41) is 40.7. The summed E-state index contributed by atoms with van der Waals surface area (Å²) in [6.45, 7) is 3.27. The number of phenols is 4. The van der Waals surface area contributed by atoms with Crippen LogP contribution in [0.15, 0.2) is 42.5 Å². The molecule has 2 aromatic carbocycles. The first kappa shape index (κ1) is 22.8. The van der Waals surface area contributed by atoms with Crippen LogP contribution in [0.3, 0.4) is 0 Å². The number of hydrogen-bond acceptors (Lipinski definition) is 8. The summed E-state index contributed by atoms with van der Waals surface area (Å²) in [6.07, 6.45) is 2.56. The van der Waals surface area contributed by atoms with E-state index in [1.807, 2.05) is 0 Å². The zero-order valence-electron chi connectivity index (χ0n) is 16.7. The SMILES string of the molecule is CC(C)OC(=O)[C@@H](Cc1ccc(O)c(O)c1)NCC(=O)/C=C/c1ccc(O)c(O)c1. The average molecular weight is 415 g/mol. The van der Waals surface area contributed by atoms with Crippen LogP contribution in [0.25, 0.3) is 6.08 Å². The molecule has 0 aliphatic rings. The van der Waals surface area contributed by atoms with Crippen molar-refractivity contribution >= 4 is 17.8 Å². The largest absolute Gasteiger partial charge is 0.504 e. The number of nitrogens with one attached hydrogen (secondary N) is 1. The minimum Gasteiger partial charge on any atom is -0.504 e. The van der Waals surface area contributed by atoms with Crippen LogP contribution in [-0.2, 0) is 20.7 Å². The lowest BCUT2D eigenvalue weighted by atomic mass is 10.0. The van der Waals surface area contributed by atoms with Gasteiger partial charge in [-0.3, -0.25) is 14.9 Å². The van der Waals surface area contributed by atoms with Crippen molar-refractivity contribution in [2.45, 2.75) is 32.4 Å². The summed E-state index contributed by atoms with van der Waals surface area (Å²) in [5.74, 6) is -1.99. The lowest BCUT2D eigenvalue weighted by Crippen LogP contribution is -2.42. The van der Waals surface area contributed by atoms with Crippen molar-refractivity contribution in [3.63, 3.8) is 0 Å². The van der Waals surface area contributed by atoms with Crippen molar-refractivity contribution in [1.29, 1.82) is 0 Å². The van der Waals surface area contributed by atoms with Gasteiger partial charge in [-0.05, 0) is 61.7 Å². The Labute approximate surface area is 174 Å². The Morgan fingerprint density at radius 2 is 1.60 bits per heavy atom. The Bertz CT molecular complexity index is 937. The van der Waals surface area contributed by atoms with Crippen LogP contribution in [0.2, 0.25) is 0 Å². The quantitative estimate of drug-likeness (QED) is 0.239. The summed E-state index contributed by atoms with van der Waals surface area (Å²) >= 11 is 0. The first-order chi connectivity index (χ1) is 14.2. The number of hydrogen-bond donors (Lipinski definition) is 5. The van der Waals surface area contributed by atoms with E-state index in [0.717, 1.165) is 0 Å². The molecule has 0 aromatic heterocycles. The van der Waals surface area contributed by atoms with E-state index < -0.39 is 12.0 Å². The van der Waals surface area contributed by atoms with Crippen LogP contribution >= 0.6 is 0 Å². The van der Waals surface area contributed by atoms with Crippen molar-refractivity contribution in [2.24, 2.45) is 0 Å². The second-order valence-electron chi connectivity index (χ2n) is 6.99. The predicted octanol–water partition coefficient (Wildman–Crippen LogP) is 2.24. The number of ether oxygens (including phenoxy) is 1. The fraction of sp³-hybridized carbons (Fsp3) is 0.273. The molecule has 0 heterocycles. The van der Waals surface area contributed by atoms with Crippen LogP contribution in [0.5, 0.6) is 23.0 Å². The topological polar surface area (TPSA) is 136 Å². The van der Waals surface area contributed by atoms with E-state index >= 15 is 0 Å². The van der Waals surface area contributed by atoms with Gasteiger partial charge in [-0.1, -0.05) is 18.2 Å². The molecule has 0 fully saturated rings. The molecule has 8 heteroatoms. The van der Waals surface area contributed by atoms with Gasteiger partial charge < -0.3 is 25.2 Å². The summed E-state index contributed by atoms with van der Waals surface area (Å²) in [4.78, 5) is 24.6. The standard InChI is InChI=1S/C22H25NO7/c1-13(2)30-22(29)17(9-15-5-8-19(26)21(28)11-15)23-12-16(24)6-3-14-4-7-18(25)20(27)10-14/h3-8,10-11,13,17,23,25-28H,9,12H2,1-2H3/b6-3+/t17-/m1/s1. The van der Waals surface area contributed by atoms with Gasteiger partial charge in [0.2, 0.25) is 0 Å². The van der Waals surface area contributed by atoms with E-state index in [0.29, 0.717) is 11.1 Å². The van der Waals surface area contributed by atoms with E-state index in [4.69, 9.17) is 4.74 Å². The third kappa shape index (κ3) is 6.82. The van der Waals surface area contributed by atoms with E-state index in [1.54, 1.807) is 19.9 Å². The van der Waals surface area contributed by atoms with E-state index in [9.17, 15) is 30.0 Å². The second kappa shape index (κ2) is 10.3. The Hall–Kier alpha value is -3.52. The van der Waals surface area contributed by atoms with Gasteiger partial charge in [0.15, 0.2) is 28.8 Å². The third-order valence-electron chi connectivity index (χ3n) is 4.10. The molecular weight excluding hydrogens is 390 g/mol. The lowest BCUT2D eigenvalue weighted by Gasteiger charge is -2.19. The van der Waals surface area contributed by atoms with Crippen molar-refractivity contribution in [2.75, 3.05) is 6.54 Å². The molecule has 0 aliphatic heterocycles. The number of carbonyl (C=O) groups excluding carboxylic acids is 2. The number of rotatable bonds is 9. The molecule has 0 saturated heterocycles. The van der Waals surface area contributed by atoms with Gasteiger partial charge in [-0.25, -0.2) is 0 Å². The molecule has 0 spiro atoms. The molecule has 1 atom stereocenters. The maximum atomic E-state index is 12.4. The molecular formula is C22H25NO7. The first-order valence-corrected chi connectivity index (χ1v) is 9.33. The van der Waals surface area contributed by atoms with Crippen LogP contribution in [0.1, 0.15) is 25.0 Å². The molecule has 0 aliphatic carbocycles. The van der Waals surface area contributed by atoms with Crippen molar-refractivity contribution in [1.82, 2.24) is 5.32 Å². The predicted molar refractivity (Wildman–Crippen MR) is 110 cm³/mol. The maximum Gasteiger partial charge on any atom is 0.323 e. The number of benzene rings is 2. The van der Waals surface area contributed by atoms with Crippen molar-refractivity contribution in [3.05, 3.63) is 53.6 Å². The van der Waals surface area contributed by atoms with Gasteiger partial charge >= 0.3 is 5.97 Å². The summed E-state index contributed by atoms with van der Waals surface area (Å²) < 4.78 is 5.23. The number of aromatic hydroxyl groups is 4. The van der Waals surface area contributed by atoms with E-state index in [1.165, 1.54) is 42.5 Å². The fourth-order valence-corrected chi connectivity index (χ4v) is 2.60. The molecule has 160 valence electrons. The Kier molecular flexibility index (Phi) is 7.83. The zero-order valence-corrected chi connectivity index (χ0v) is 16.7.